The molecule has 7 nitrogen and oxygen atoms in total. The minimum absolute atomic E-state index is 0.159. The zero-order valence-electron chi connectivity index (χ0n) is 15.3. The molecule has 0 aromatic carbocycles. The first-order valence-corrected chi connectivity index (χ1v) is 9.48. The lowest BCUT2D eigenvalue weighted by Gasteiger charge is -2.43. The summed E-state index contributed by atoms with van der Waals surface area (Å²) in [5.74, 6) is 0.326. The zero-order chi connectivity index (χ0) is 18.2. The third-order valence-corrected chi connectivity index (χ3v) is 6.62. The summed E-state index contributed by atoms with van der Waals surface area (Å²) in [5.41, 5.74) is 0.196. The van der Waals surface area contributed by atoms with Gasteiger partial charge in [-0.25, -0.2) is 9.97 Å². The predicted octanol–water partition coefficient (Wildman–Crippen LogP) is 1.78. The smallest absolute Gasteiger partial charge is 0.233 e. The van der Waals surface area contributed by atoms with Gasteiger partial charge >= 0.3 is 0 Å². The van der Waals surface area contributed by atoms with E-state index >= 15 is 0 Å². The van der Waals surface area contributed by atoms with E-state index in [-0.39, 0.29) is 22.8 Å². The van der Waals surface area contributed by atoms with Crippen molar-refractivity contribution >= 4 is 17.5 Å². The van der Waals surface area contributed by atoms with E-state index in [1.807, 2.05) is 4.90 Å². The second-order valence-corrected chi connectivity index (χ2v) is 7.88. The number of nitrogens with zero attached hydrogens (tertiary/aromatic N) is 4. The van der Waals surface area contributed by atoms with E-state index in [0.717, 1.165) is 44.2 Å². The highest BCUT2D eigenvalue weighted by Gasteiger charge is 2.49. The fourth-order valence-corrected chi connectivity index (χ4v) is 4.56. The van der Waals surface area contributed by atoms with Crippen LogP contribution in [-0.4, -0.2) is 59.0 Å². The summed E-state index contributed by atoms with van der Waals surface area (Å²) in [6.07, 6.45) is 10.7. The number of methoxy groups -OCH3 is 1. The van der Waals surface area contributed by atoms with Crippen LogP contribution in [0.3, 0.4) is 0 Å². The van der Waals surface area contributed by atoms with Gasteiger partial charge in [0.25, 0.3) is 0 Å². The molecule has 7 heteroatoms. The maximum absolute atomic E-state index is 13.0. The zero-order valence-corrected chi connectivity index (χ0v) is 15.3. The predicted molar refractivity (Wildman–Crippen MR) is 95.5 cm³/mol. The maximum atomic E-state index is 13.0. The van der Waals surface area contributed by atoms with E-state index in [1.54, 1.807) is 24.4 Å². The van der Waals surface area contributed by atoms with Crippen LogP contribution in [0.2, 0.25) is 0 Å². The third kappa shape index (κ3) is 2.88. The van der Waals surface area contributed by atoms with E-state index in [2.05, 4.69) is 9.97 Å². The van der Waals surface area contributed by atoms with Crippen LogP contribution in [0.15, 0.2) is 18.7 Å². The number of likely N-dealkylation sites (tertiary alicyclic amines) is 1. The lowest BCUT2D eigenvalue weighted by atomic mass is 9.75. The molecule has 4 rings (SSSR count). The fraction of sp³-hybridized carbons (Fsp3) is 0.684. The highest BCUT2D eigenvalue weighted by Crippen LogP contribution is 2.44. The second-order valence-electron chi connectivity index (χ2n) is 7.88. The van der Waals surface area contributed by atoms with Crippen LogP contribution in [0.5, 0.6) is 0 Å². The number of amides is 2. The summed E-state index contributed by atoms with van der Waals surface area (Å²) in [6.45, 7) is 2.01. The highest BCUT2D eigenvalue weighted by molar-refractivity contribution is 5.99. The minimum atomic E-state index is -0.331. The summed E-state index contributed by atoms with van der Waals surface area (Å²) >= 11 is 0. The van der Waals surface area contributed by atoms with Crippen molar-refractivity contribution in [2.24, 2.45) is 5.41 Å². The summed E-state index contributed by atoms with van der Waals surface area (Å²) in [6, 6.07) is 0. The lowest BCUT2D eigenvalue weighted by molar-refractivity contribution is -0.148. The third-order valence-electron chi connectivity index (χ3n) is 6.62. The normalized spacial score (nSPS) is 24.0. The Morgan fingerprint density at radius 3 is 2.35 bits per heavy atom. The number of aromatic nitrogens is 2. The average molecular weight is 358 g/mol. The summed E-state index contributed by atoms with van der Waals surface area (Å²) < 4.78 is 5.59. The molecular weight excluding hydrogens is 332 g/mol. The Morgan fingerprint density at radius 2 is 1.77 bits per heavy atom. The molecule has 0 atom stereocenters. The van der Waals surface area contributed by atoms with Crippen molar-refractivity contribution in [2.75, 3.05) is 31.6 Å². The SMILES string of the molecule is COC1(CC(=O)N2CCC3(CC2)CCN(c2cncnc2)C3=O)CCC1. The molecule has 1 aliphatic carbocycles. The lowest BCUT2D eigenvalue weighted by Crippen LogP contribution is -2.50. The van der Waals surface area contributed by atoms with Crippen LogP contribution in [0, 0.1) is 5.41 Å². The summed E-state index contributed by atoms with van der Waals surface area (Å²) in [5, 5.41) is 0. The molecule has 0 radical (unpaired) electrons. The van der Waals surface area contributed by atoms with Crippen LogP contribution in [0.4, 0.5) is 5.69 Å². The van der Waals surface area contributed by atoms with Gasteiger partial charge in [0.15, 0.2) is 0 Å². The Morgan fingerprint density at radius 1 is 1.12 bits per heavy atom. The van der Waals surface area contributed by atoms with E-state index in [4.69, 9.17) is 4.74 Å². The van der Waals surface area contributed by atoms with Gasteiger partial charge in [0.2, 0.25) is 11.8 Å². The van der Waals surface area contributed by atoms with Gasteiger partial charge in [-0.05, 0) is 38.5 Å². The van der Waals surface area contributed by atoms with Crippen LogP contribution in [0.1, 0.15) is 44.9 Å². The van der Waals surface area contributed by atoms with Crippen molar-refractivity contribution in [1.82, 2.24) is 14.9 Å². The van der Waals surface area contributed by atoms with Gasteiger partial charge in [-0.1, -0.05) is 0 Å². The number of piperidine rings is 1. The fourth-order valence-electron chi connectivity index (χ4n) is 4.56. The van der Waals surface area contributed by atoms with Gasteiger partial charge in [-0.3, -0.25) is 9.59 Å². The number of carbonyl (C=O) groups excluding carboxylic acids is 2. The first kappa shape index (κ1) is 17.4. The minimum Gasteiger partial charge on any atom is -0.378 e. The molecule has 1 aromatic heterocycles. The molecule has 3 aliphatic rings. The molecular formula is C19H26N4O3. The van der Waals surface area contributed by atoms with Gasteiger partial charge < -0.3 is 14.5 Å². The van der Waals surface area contributed by atoms with E-state index in [0.29, 0.717) is 26.1 Å². The first-order chi connectivity index (χ1) is 12.6. The molecule has 3 heterocycles. The number of rotatable bonds is 4. The van der Waals surface area contributed by atoms with Gasteiger partial charge in [-0.15, -0.1) is 0 Å². The van der Waals surface area contributed by atoms with E-state index < -0.39 is 0 Å². The molecule has 2 aliphatic heterocycles. The van der Waals surface area contributed by atoms with Crippen molar-refractivity contribution in [3.63, 3.8) is 0 Å². The van der Waals surface area contributed by atoms with Crippen LogP contribution < -0.4 is 4.90 Å². The Labute approximate surface area is 153 Å². The molecule has 1 saturated carbocycles. The van der Waals surface area contributed by atoms with Gasteiger partial charge in [0.1, 0.15) is 6.33 Å². The van der Waals surface area contributed by atoms with Gasteiger partial charge in [0.05, 0.1) is 35.5 Å². The van der Waals surface area contributed by atoms with Gasteiger partial charge in [-0.2, -0.15) is 0 Å². The highest BCUT2D eigenvalue weighted by atomic mass is 16.5. The van der Waals surface area contributed by atoms with Crippen LogP contribution in [0.25, 0.3) is 0 Å². The average Bonchev–Trinajstić information content (AvgIpc) is 2.96. The maximum Gasteiger partial charge on any atom is 0.233 e. The van der Waals surface area contributed by atoms with Crippen molar-refractivity contribution in [2.45, 2.75) is 50.5 Å². The molecule has 0 bridgehead atoms. The van der Waals surface area contributed by atoms with Crippen molar-refractivity contribution in [3.8, 4) is 0 Å². The van der Waals surface area contributed by atoms with Crippen LogP contribution >= 0.6 is 0 Å². The number of anilines is 1. The monoisotopic (exact) mass is 358 g/mol. The number of carbonyl (C=O) groups is 2. The molecule has 2 saturated heterocycles. The molecule has 0 unspecified atom stereocenters. The molecule has 0 N–H and O–H groups in total. The van der Waals surface area contributed by atoms with Crippen molar-refractivity contribution in [3.05, 3.63) is 18.7 Å². The molecule has 140 valence electrons. The van der Waals surface area contributed by atoms with Crippen LogP contribution in [-0.2, 0) is 14.3 Å². The molecule has 3 fully saturated rings. The Hall–Kier alpha value is -2.02. The summed E-state index contributed by atoms with van der Waals surface area (Å²) in [7, 11) is 1.71. The van der Waals surface area contributed by atoms with E-state index in [1.165, 1.54) is 6.33 Å². The number of ether oxygens (including phenoxy) is 1. The largest absolute Gasteiger partial charge is 0.378 e. The first-order valence-electron chi connectivity index (χ1n) is 9.48. The Kier molecular flexibility index (Phi) is 4.42. The molecule has 1 spiro atoms. The Bertz CT molecular complexity index is 676. The van der Waals surface area contributed by atoms with Gasteiger partial charge in [0, 0.05) is 26.7 Å². The number of hydrogen-bond acceptors (Lipinski definition) is 5. The summed E-state index contributed by atoms with van der Waals surface area (Å²) in [4.78, 5) is 37.5. The molecule has 26 heavy (non-hydrogen) atoms. The second kappa shape index (κ2) is 6.61. The van der Waals surface area contributed by atoms with Crippen molar-refractivity contribution < 1.29 is 14.3 Å². The number of hydrogen-bond donors (Lipinski definition) is 0. The quantitative estimate of drug-likeness (QED) is 0.820. The Balaban J connectivity index is 1.37. The standard InChI is InChI=1S/C19H26N4O3/c1-26-19(3-2-4-19)11-16(24)22-8-5-18(6-9-22)7-10-23(17(18)25)15-12-20-14-21-13-15/h12-14H,2-11H2,1H3. The topological polar surface area (TPSA) is 75.6 Å². The van der Waals surface area contributed by atoms with E-state index in [9.17, 15) is 9.59 Å². The molecule has 1 aromatic rings. The van der Waals surface area contributed by atoms with Crippen molar-refractivity contribution in [1.29, 1.82) is 0 Å². The molecule has 2 amide bonds.